The largest absolute Gasteiger partial charge is 0.415 e. The Morgan fingerprint density at radius 1 is 0.907 bits per heavy atom. The molecule has 0 fully saturated rings. The first kappa shape index (κ1) is 27.7. The zero-order valence-corrected chi connectivity index (χ0v) is 22.4. The molecule has 0 radical (unpaired) electrons. The SMILES string of the molecule is Cc1nc2c(-c3ccccc3)cc(N(C(=O)C(F)F)c3ncc(-c4nnc(C(F)F)o4)cn3)cc2n1Cc1ccccc1. The van der Waals surface area contributed by atoms with Crippen molar-refractivity contribution in [2.45, 2.75) is 26.3 Å². The number of rotatable bonds is 8. The topological polar surface area (TPSA) is 103 Å². The molecule has 0 unspecified atom stereocenters. The van der Waals surface area contributed by atoms with Gasteiger partial charge < -0.3 is 8.98 Å². The zero-order chi connectivity index (χ0) is 30.1. The summed E-state index contributed by atoms with van der Waals surface area (Å²) in [5.41, 5.74) is 3.72. The van der Waals surface area contributed by atoms with Crippen molar-refractivity contribution in [3.63, 3.8) is 0 Å². The van der Waals surface area contributed by atoms with Gasteiger partial charge in [-0.1, -0.05) is 60.7 Å². The predicted molar refractivity (Wildman–Crippen MR) is 149 cm³/mol. The minimum atomic E-state index is -3.39. The lowest BCUT2D eigenvalue weighted by Gasteiger charge is -2.22. The number of hydrogen-bond donors (Lipinski definition) is 0. The number of benzene rings is 3. The molecule has 0 saturated carbocycles. The molecule has 0 saturated heterocycles. The van der Waals surface area contributed by atoms with Crippen LogP contribution in [0.5, 0.6) is 0 Å². The number of nitrogens with zero attached hydrogens (tertiary/aromatic N) is 7. The van der Waals surface area contributed by atoms with Crippen LogP contribution in [0.2, 0.25) is 0 Å². The van der Waals surface area contributed by atoms with Crippen LogP contribution in [0.15, 0.2) is 89.6 Å². The fraction of sp³-hybridized carbons (Fsp3) is 0.133. The summed E-state index contributed by atoms with van der Waals surface area (Å²) >= 11 is 0. The van der Waals surface area contributed by atoms with Crippen molar-refractivity contribution in [1.29, 1.82) is 0 Å². The molecule has 0 aliphatic rings. The number of imidazole rings is 1. The van der Waals surface area contributed by atoms with E-state index in [9.17, 15) is 22.4 Å². The van der Waals surface area contributed by atoms with Crippen molar-refractivity contribution in [2.24, 2.45) is 0 Å². The highest BCUT2D eigenvalue weighted by Crippen LogP contribution is 2.36. The summed E-state index contributed by atoms with van der Waals surface area (Å²) < 4.78 is 60.7. The number of carbonyl (C=O) groups excluding carboxylic acids is 1. The van der Waals surface area contributed by atoms with E-state index in [-0.39, 0.29) is 23.1 Å². The number of hydrogen-bond acceptors (Lipinski definition) is 7. The molecule has 43 heavy (non-hydrogen) atoms. The van der Waals surface area contributed by atoms with Gasteiger partial charge in [-0.3, -0.25) is 4.79 Å². The van der Waals surface area contributed by atoms with E-state index >= 15 is 0 Å². The molecule has 3 aromatic carbocycles. The first-order chi connectivity index (χ1) is 20.8. The molecule has 3 heterocycles. The lowest BCUT2D eigenvalue weighted by molar-refractivity contribution is -0.128. The quantitative estimate of drug-likeness (QED) is 0.181. The maximum atomic E-state index is 14.0. The first-order valence-corrected chi connectivity index (χ1v) is 13.0. The molecule has 0 N–H and O–H groups in total. The Kier molecular flexibility index (Phi) is 7.36. The standard InChI is InChI=1S/C30H21F4N7O2/c1-17-37-24-22(19-10-6-3-7-11-19)12-21(13-23(24)40(17)16-18-8-4-2-5-9-18)41(29(42)26(33)34)30-35-14-20(15-36-30)27-38-39-28(43-27)25(31)32/h2-15,25-26H,16H2,1H3. The number of alkyl halides is 4. The van der Waals surface area contributed by atoms with Crippen molar-refractivity contribution < 1.29 is 26.8 Å². The Bertz CT molecular complexity index is 1890. The first-order valence-electron chi connectivity index (χ1n) is 13.0. The smallest absolute Gasteiger partial charge is 0.316 e. The molecular weight excluding hydrogens is 566 g/mol. The normalized spacial score (nSPS) is 11.5. The van der Waals surface area contributed by atoms with E-state index in [2.05, 4.69) is 20.2 Å². The van der Waals surface area contributed by atoms with Crippen LogP contribution in [0.3, 0.4) is 0 Å². The van der Waals surface area contributed by atoms with Crippen LogP contribution in [0.4, 0.5) is 29.2 Å². The molecule has 216 valence electrons. The summed E-state index contributed by atoms with van der Waals surface area (Å²) in [5.74, 6) is -2.43. The molecule has 0 bridgehead atoms. The van der Waals surface area contributed by atoms with Gasteiger partial charge in [-0.2, -0.15) is 17.6 Å². The summed E-state index contributed by atoms with van der Waals surface area (Å²) in [6.07, 6.45) is -4.12. The Hall–Kier alpha value is -5.46. The molecule has 9 nitrogen and oxygen atoms in total. The van der Waals surface area contributed by atoms with Gasteiger partial charge in [0.1, 0.15) is 5.82 Å². The minimum absolute atomic E-state index is 0.0598. The van der Waals surface area contributed by atoms with E-state index < -0.39 is 24.6 Å². The van der Waals surface area contributed by atoms with E-state index in [0.29, 0.717) is 33.9 Å². The second kappa shape index (κ2) is 11.4. The van der Waals surface area contributed by atoms with Crippen molar-refractivity contribution in [1.82, 2.24) is 29.7 Å². The highest BCUT2D eigenvalue weighted by molar-refractivity contribution is 6.05. The number of fused-ring (bicyclic) bond motifs is 1. The number of anilines is 2. The van der Waals surface area contributed by atoms with Crippen molar-refractivity contribution >= 4 is 28.6 Å². The van der Waals surface area contributed by atoms with Crippen molar-refractivity contribution in [2.75, 3.05) is 4.90 Å². The van der Waals surface area contributed by atoms with Crippen LogP contribution in [-0.2, 0) is 11.3 Å². The number of carbonyl (C=O) groups is 1. The second-order valence-electron chi connectivity index (χ2n) is 9.45. The summed E-state index contributed by atoms with van der Waals surface area (Å²) in [5, 5.41) is 6.80. The van der Waals surface area contributed by atoms with Crippen LogP contribution in [0, 0.1) is 6.92 Å². The average Bonchev–Trinajstić information content (AvgIpc) is 3.64. The van der Waals surface area contributed by atoms with Gasteiger partial charge in [0.05, 0.1) is 22.3 Å². The third-order valence-corrected chi connectivity index (χ3v) is 6.68. The van der Waals surface area contributed by atoms with E-state index in [1.807, 2.05) is 72.2 Å². The van der Waals surface area contributed by atoms with Crippen LogP contribution < -0.4 is 4.90 Å². The van der Waals surface area contributed by atoms with Crippen LogP contribution >= 0.6 is 0 Å². The van der Waals surface area contributed by atoms with Crippen LogP contribution in [0.25, 0.3) is 33.6 Å². The Labute approximate surface area is 241 Å². The summed E-state index contributed by atoms with van der Waals surface area (Å²) in [4.78, 5) is 26.7. The maximum absolute atomic E-state index is 14.0. The molecule has 0 aliphatic heterocycles. The van der Waals surface area contributed by atoms with E-state index in [1.54, 1.807) is 12.1 Å². The molecule has 13 heteroatoms. The van der Waals surface area contributed by atoms with Crippen molar-refractivity contribution in [3.05, 3.63) is 102 Å². The Morgan fingerprint density at radius 2 is 1.58 bits per heavy atom. The van der Waals surface area contributed by atoms with Gasteiger partial charge >= 0.3 is 18.8 Å². The van der Waals surface area contributed by atoms with Gasteiger partial charge in [-0.05, 0) is 30.2 Å². The Morgan fingerprint density at radius 3 is 2.21 bits per heavy atom. The molecular formula is C30H21F4N7O2. The van der Waals surface area contributed by atoms with Gasteiger partial charge in [-0.15, -0.1) is 10.2 Å². The van der Waals surface area contributed by atoms with Crippen LogP contribution in [0.1, 0.15) is 23.7 Å². The van der Waals surface area contributed by atoms with Gasteiger partial charge in [-0.25, -0.2) is 19.9 Å². The summed E-state index contributed by atoms with van der Waals surface area (Å²) in [6.45, 7) is 2.29. The maximum Gasteiger partial charge on any atom is 0.316 e. The molecule has 0 spiro atoms. The third-order valence-electron chi connectivity index (χ3n) is 6.68. The predicted octanol–water partition coefficient (Wildman–Crippen LogP) is 6.77. The number of halogens is 4. The number of aryl methyl sites for hydroxylation is 1. The van der Waals surface area contributed by atoms with Gasteiger partial charge in [0.15, 0.2) is 0 Å². The molecule has 0 atom stereocenters. The van der Waals surface area contributed by atoms with E-state index in [0.717, 1.165) is 23.5 Å². The monoisotopic (exact) mass is 587 g/mol. The Balaban J connectivity index is 1.51. The highest BCUT2D eigenvalue weighted by atomic mass is 19.3. The van der Waals surface area contributed by atoms with Gasteiger partial charge in [0.2, 0.25) is 5.95 Å². The van der Waals surface area contributed by atoms with E-state index in [1.165, 1.54) is 0 Å². The lowest BCUT2D eigenvalue weighted by Crippen LogP contribution is -2.33. The average molecular weight is 588 g/mol. The number of amides is 1. The molecule has 0 aliphatic carbocycles. The zero-order valence-electron chi connectivity index (χ0n) is 22.4. The molecule has 3 aromatic heterocycles. The summed E-state index contributed by atoms with van der Waals surface area (Å²) in [7, 11) is 0. The third kappa shape index (κ3) is 5.44. The van der Waals surface area contributed by atoms with Crippen LogP contribution in [-0.4, -0.2) is 42.0 Å². The molecule has 6 aromatic rings. The minimum Gasteiger partial charge on any atom is -0.415 e. The molecule has 1 amide bonds. The summed E-state index contributed by atoms with van der Waals surface area (Å²) in [6, 6.07) is 22.1. The highest BCUT2D eigenvalue weighted by Gasteiger charge is 2.30. The van der Waals surface area contributed by atoms with E-state index in [4.69, 9.17) is 9.40 Å². The molecule has 6 rings (SSSR count). The lowest BCUT2D eigenvalue weighted by atomic mass is 10.0. The van der Waals surface area contributed by atoms with Gasteiger partial charge in [0.25, 0.3) is 11.8 Å². The van der Waals surface area contributed by atoms with Gasteiger partial charge in [0, 0.05) is 24.5 Å². The fourth-order valence-electron chi connectivity index (χ4n) is 4.68. The second-order valence-corrected chi connectivity index (χ2v) is 9.45. The van der Waals surface area contributed by atoms with Crippen molar-refractivity contribution in [3.8, 4) is 22.6 Å². The fourth-order valence-corrected chi connectivity index (χ4v) is 4.68. The number of aromatic nitrogens is 6.